The third kappa shape index (κ3) is 2.63. The second-order valence-corrected chi connectivity index (χ2v) is 4.46. The van der Waals surface area contributed by atoms with Crippen LogP contribution in [0.3, 0.4) is 0 Å². The van der Waals surface area contributed by atoms with Crippen LogP contribution >= 0.6 is 0 Å². The first-order valence-corrected chi connectivity index (χ1v) is 5.89. The third-order valence-corrected chi connectivity index (χ3v) is 3.12. The molecule has 1 aromatic rings. The molecular formula is C13H18N2O3. The van der Waals surface area contributed by atoms with Crippen LogP contribution in [-0.4, -0.2) is 44.7 Å². The summed E-state index contributed by atoms with van der Waals surface area (Å²) in [6.07, 6.45) is -0.0206. The van der Waals surface area contributed by atoms with Gasteiger partial charge >= 0.3 is 5.97 Å². The van der Waals surface area contributed by atoms with E-state index in [-0.39, 0.29) is 6.10 Å². The Balaban J connectivity index is 2.26. The largest absolute Gasteiger partial charge is 0.465 e. The Morgan fingerprint density at radius 3 is 3.00 bits per heavy atom. The molecule has 1 atom stereocenters. The molecule has 18 heavy (non-hydrogen) atoms. The molecule has 0 aromatic heterocycles. The molecule has 2 N–H and O–H groups in total. The van der Waals surface area contributed by atoms with E-state index in [0.29, 0.717) is 17.9 Å². The number of methoxy groups -OCH3 is 1. The number of carbonyl (C=O) groups excluding carboxylic acids is 1. The highest BCUT2D eigenvalue weighted by Gasteiger charge is 2.21. The summed E-state index contributed by atoms with van der Waals surface area (Å²) in [5.41, 5.74) is 7.55. The summed E-state index contributed by atoms with van der Waals surface area (Å²) in [5.74, 6) is -0.418. The molecule has 98 valence electrons. The lowest BCUT2D eigenvalue weighted by Crippen LogP contribution is -2.35. The van der Waals surface area contributed by atoms with Crippen LogP contribution in [0.4, 0.5) is 5.69 Å². The molecule has 1 aliphatic heterocycles. The molecule has 0 spiro atoms. The van der Waals surface area contributed by atoms with Gasteiger partial charge in [0.1, 0.15) is 0 Å². The summed E-state index contributed by atoms with van der Waals surface area (Å²) < 4.78 is 10.4. The highest BCUT2D eigenvalue weighted by Crippen LogP contribution is 2.25. The van der Waals surface area contributed by atoms with Crippen molar-refractivity contribution in [1.29, 1.82) is 0 Å². The average molecular weight is 250 g/mol. The molecule has 1 aromatic carbocycles. The fraction of sp³-hybridized carbons (Fsp3) is 0.462. The van der Waals surface area contributed by atoms with Crippen molar-refractivity contribution >= 4 is 11.7 Å². The number of esters is 1. The van der Waals surface area contributed by atoms with Crippen molar-refractivity contribution < 1.29 is 14.3 Å². The quantitative estimate of drug-likeness (QED) is 0.628. The second kappa shape index (κ2) is 5.37. The number of hydrogen-bond donors (Lipinski definition) is 1. The number of likely N-dealkylation sites (N-methyl/N-ethyl adjacent to an activating group) is 1. The van der Waals surface area contributed by atoms with E-state index in [9.17, 15) is 4.79 Å². The van der Waals surface area contributed by atoms with E-state index in [1.165, 1.54) is 7.11 Å². The van der Waals surface area contributed by atoms with Crippen molar-refractivity contribution in [2.24, 2.45) is 0 Å². The minimum absolute atomic E-state index is 0.0206. The van der Waals surface area contributed by atoms with Crippen molar-refractivity contribution in [2.75, 3.05) is 39.6 Å². The maximum Gasteiger partial charge on any atom is 0.339 e. The van der Waals surface area contributed by atoms with Crippen LogP contribution in [0.25, 0.3) is 0 Å². The van der Waals surface area contributed by atoms with Crippen LogP contribution in [0.2, 0.25) is 0 Å². The predicted molar refractivity (Wildman–Crippen MR) is 68.4 cm³/mol. The fourth-order valence-corrected chi connectivity index (χ4v) is 2.04. The van der Waals surface area contributed by atoms with Gasteiger partial charge in [0.25, 0.3) is 0 Å². The van der Waals surface area contributed by atoms with Crippen LogP contribution < -0.4 is 5.73 Å². The number of nitrogen functional groups attached to an aromatic ring is 1. The minimum atomic E-state index is -0.418. The molecule has 0 amide bonds. The zero-order chi connectivity index (χ0) is 13.1. The summed E-state index contributed by atoms with van der Waals surface area (Å²) in [4.78, 5) is 13.8. The molecule has 5 nitrogen and oxygen atoms in total. The maximum absolute atomic E-state index is 11.6. The van der Waals surface area contributed by atoms with Gasteiger partial charge < -0.3 is 20.1 Å². The Kier molecular flexibility index (Phi) is 3.84. The molecular weight excluding hydrogens is 232 g/mol. The molecule has 1 heterocycles. The summed E-state index contributed by atoms with van der Waals surface area (Å²) in [6, 6.07) is 5.37. The first kappa shape index (κ1) is 12.9. The Hall–Kier alpha value is -1.59. The zero-order valence-electron chi connectivity index (χ0n) is 10.7. The van der Waals surface area contributed by atoms with Crippen LogP contribution in [0.5, 0.6) is 0 Å². The van der Waals surface area contributed by atoms with E-state index in [4.69, 9.17) is 15.2 Å². The Morgan fingerprint density at radius 2 is 2.33 bits per heavy atom. The number of carbonyl (C=O) groups is 1. The molecule has 0 aliphatic carbocycles. The molecule has 1 aliphatic rings. The highest BCUT2D eigenvalue weighted by atomic mass is 16.5. The minimum Gasteiger partial charge on any atom is -0.465 e. The van der Waals surface area contributed by atoms with Crippen LogP contribution in [0.1, 0.15) is 22.0 Å². The number of rotatable bonds is 2. The summed E-state index contributed by atoms with van der Waals surface area (Å²) >= 11 is 0. The smallest absolute Gasteiger partial charge is 0.339 e. The van der Waals surface area contributed by atoms with Gasteiger partial charge in [-0.15, -0.1) is 0 Å². The zero-order valence-corrected chi connectivity index (χ0v) is 10.7. The molecule has 2 rings (SSSR count). The highest BCUT2D eigenvalue weighted by molar-refractivity contribution is 5.95. The Labute approximate surface area is 106 Å². The topological polar surface area (TPSA) is 64.8 Å². The number of benzene rings is 1. The van der Waals surface area contributed by atoms with Gasteiger partial charge in [0.2, 0.25) is 0 Å². The molecule has 0 radical (unpaired) electrons. The first-order chi connectivity index (χ1) is 8.61. The number of anilines is 1. The molecule has 0 saturated carbocycles. The predicted octanol–water partition coefficient (Wildman–Crippen LogP) is 1.06. The average Bonchev–Trinajstić information content (AvgIpc) is 2.38. The second-order valence-electron chi connectivity index (χ2n) is 4.46. The standard InChI is InChI=1S/C13H18N2O3/c1-15-5-6-18-12(8-15)9-3-4-11(14)10(7-9)13(16)17-2/h3-4,7,12H,5-6,8,14H2,1-2H3. The molecule has 1 saturated heterocycles. The van der Waals surface area contributed by atoms with E-state index in [1.54, 1.807) is 12.1 Å². The van der Waals surface area contributed by atoms with Gasteiger partial charge in [0.15, 0.2) is 0 Å². The third-order valence-electron chi connectivity index (χ3n) is 3.12. The van der Waals surface area contributed by atoms with Crippen molar-refractivity contribution in [2.45, 2.75) is 6.10 Å². The van der Waals surface area contributed by atoms with Crippen LogP contribution in [0.15, 0.2) is 18.2 Å². The van der Waals surface area contributed by atoms with E-state index < -0.39 is 5.97 Å². The van der Waals surface area contributed by atoms with Gasteiger partial charge in [0.05, 0.1) is 25.4 Å². The van der Waals surface area contributed by atoms with Crippen molar-refractivity contribution in [1.82, 2.24) is 4.90 Å². The van der Waals surface area contributed by atoms with E-state index in [2.05, 4.69) is 4.90 Å². The number of nitrogens with two attached hydrogens (primary N) is 1. The molecule has 5 heteroatoms. The van der Waals surface area contributed by atoms with Crippen molar-refractivity contribution in [3.63, 3.8) is 0 Å². The van der Waals surface area contributed by atoms with Gasteiger partial charge in [-0.3, -0.25) is 0 Å². The van der Waals surface area contributed by atoms with Crippen LogP contribution in [-0.2, 0) is 9.47 Å². The lowest BCUT2D eigenvalue weighted by atomic mass is 10.0. The Morgan fingerprint density at radius 1 is 1.56 bits per heavy atom. The number of morpholine rings is 1. The van der Waals surface area contributed by atoms with Crippen molar-refractivity contribution in [3.8, 4) is 0 Å². The van der Waals surface area contributed by atoms with Gasteiger partial charge in [-0.05, 0) is 24.7 Å². The van der Waals surface area contributed by atoms with Crippen LogP contribution in [0, 0.1) is 0 Å². The van der Waals surface area contributed by atoms with E-state index in [0.717, 1.165) is 18.7 Å². The number of ether oxygens (including phenoxy) is 2. The van der Waals surface area contributed by atoms with Gasteiger partial charge in [-0.2, -0.15) is 0 Å². The monoisotopic (exact) mass is 250 g/mol. The SMILES string of the molecule is COC(=O)c1cc(C2CN(C)CCO2)ccc1N. The van der Waals surface area contributed by atoms with E-state index in [1.807, 2.05) is 13.1 Å². The Bertz CT molecular complexity index is 448. The van der Waals surface area contributed by atoms with Gasteiger partial charge in [-0.1, -0.05) is 6.07 Å². The fourth-order valence-electron chi connectivity index (χ4n) is 2.04. The van der Waals surface area contributed by atoms with Gasteiger partial charge in [0, 0.05) is 18.8 Å². The van der Waals surface area contributed by atoms with Crippen molar-refractivity contribution in [3.05, 3.63) is 29.3 Å². The number of nitrogens with zero attached hydrogens (tertiary/aromatic N) is 1. The normalized spacial score (nSPS) is 20.7. The summed E-state index contributed by atoms with van der Waals surface area (Å²) in [5, 5.41) is 0. The van der Waals surface area contributed by atoms with E-state index >= 15 is 0 Å². The molecule has 1 unspecified atom stereocenters. The first-order valence-electron chi connectivity index (χ1n) is 5.89. The maximum atomic E-state index is 11.6. The summed E-state index contributed by atoms with van der Waals surface area (Å²) in [6.45, 7) is 2.43. The summed E-state index contributed by atoms with van der Waals surface area (Å²) in [7, 11) is 3.40. The number of hydrogen-bond acceptors (Lipinski definition) is 5. The molecule has 1 fully saturated rings. The van der Waals surface area contributed by atoms with Gasteiger partial charge in [-0.25, -0.2) is 4.79 Å². The lowest BCUT2D eigenvalue weighted by Gasteiger charge is -2.30. The molecule has 0 bridgehead atoms. The lowest BCUT2D eigenvalue weighted by molar-refractivity contribution is -0.0209.